The lowest BCUT2D eigenvalue weighted by molar-refractivity contribution is -0.131. The second kappa shape index (κ2) is 6.53. The van der Waals surface area contributed by atoms with Gasteiger partial charge in [0.2, 0.25) is 5.91 Å². The fourth-order valence-corrected chi connectivity index (χ4v) is 3.46. The Morgan fingerprint density at radius 2 is 2.42 bits per heavy atom. The maximum Gasteiger partial charge on any atom is 0.230 e. The molecule has 1 fully saturated rings. The van der Waals surface area contributed by atoms with Gasteiger partial charge in [0.15, 0.2) is 0 Å². The monoisotopic (exact) mass is 280 g/mol. The van der Waals surface area contributed by atoms with Crippen LogP contribution in [0.15, 0.2) is 17.5 Å². The van der Waals surface area contributed by atoms with Gasteiger partial charge in [-0.2, -0.15) is 0 Å². The van der Waals surface area contributed by atoms with Crippen LogP contribution in [0.25, 0.3) is 0 Å². The van der Waals surface area contributed by atoms with E-state index in [9.17, 15) is 4.79 Å². The highest BCUT2D eigenvalue weighted by molar-refractivity contribution is 7.10. The molecule has 0 radical (unpaired) electrons. The van der Waals surface area contributed by atoms with Gasteiger partial charge >= 0.3 is 0 Å². The number of nitrogens with zero attached hydrogens (tertiary/aromatic N) is 2. The minimum absolute atomic E-state index is 0.0163. The molecule has 0 aromatic carbocycles. The maximum absolute atomic E-state index is 12.5. The van der Waals surface area contributed by atoms with E-state index in [0.717, 1.165) is 32.6 Å². The predicted octanol–water partition coefficient (Wildman–Crippen LogP) is 2.65. The molecule has 0 bridgehead atoms. The minimum Gasteiger partial charge on any atom is -0.342 e. The Kier molecular flexibility index (Phi) is 4.99. The van der Waals surface area contributed by atoms with Gasteiger partial charge in [-0.05, 0) is 44.3 Å². The van der Waals surface area contributed by atoms with Crippen molar-refractivity contribution in [3.8, 4) is 0 Å². The molecule has 0 unspecified atom stereocenters. The summed E-state index contributed by atoms with van der Waals surface area (Å²) < 4.78 is 0. The lowest BCUT2D eigenvalue weighted by Crippen LogP contribution is -2.33. The number of amides is 1. The van der Waals surface area contributed by atoms with Gasteiger partial charge < -0.3 is 9.80 Å². The molecule has 1 amide bonds. The number of carbonyl (C=O) groups excluding carboxylic acids is 1. The van der Waals surface area contributed by atoms with Crippen molar-refractivity contribution in [2.24, 2.45) is 5.92 Å². The van der Waals surface area contributed by atoms with Crippen molar-refractivity contribution in [1.82, 2.24) is 9.80 Å². The highest BCUT2D eigenvalue weighted by atomic mass is 32.1. The molecule has 1 aromatic rings. The third-order valence-electron chi connectivity index (χ3n) is 4.05. The second-order valence-electron chi connectivity index (χ2n) is 5.53. The number of hydrogen-bond donors (Lipinski definition) is 0. The molecule has 0 N–H and O–H groups in total. The standard InChI is InChI=1S/C15H24N2OS/c1-4-16(3)10-13-7-8-17(11-13)15(18)12(2)14-6-5-9-19-14/h5-6,9,12-13H,4,7-8,10-11H2,1-3H3/t12-,13+/m1/s1. The third-order valence-corrected chi connectivity index (χ3v) is 5.10. The second-order valence-corrected chi connectivity index (χ2v) is 6.51. The molecule has 1 aliphatic heterocycles. The first kappa shape index (κ1) is 14.5. The normalized spacial score (nSPS) is 21.1. The van der Waals surface area contributed by atoms with Gasteiger partial charge in [-0.3, -0.25) is 4.79 Å². The van der Waals surface area contributed by atoms with Crippen molar-refractivity contribution in [3.63, 3.8) is 0 Å². The first-order chi connectivity index (χ1) is 9.11. The van der Waals surface area contributed by atoms with E-state index >= 15 is 0 Å². The van der Waals surface area contributed by atoms with Crippen LogP contribution in [0.4, 0.5) is 0 Å². The molecule has 3 nitrogen and oxygen atoms in total. The van der Waals surface area contributed by atoms with Crippen molar-refractivity contribution in [2.75, 3.05) is 33.2 Å². The average Bonchev–Trinajstić information content (AvgIpc) is 3.07. The van der Waals surface area contributed by atoms with Gasteiger partial charge in [-0.1, -0.05) is 13.0 Å². The molecule has 2 atom stereocenters. The van der Waals surface area contributed by atoms with Crippen molar-refractivity contribution in [2.45, 2.75) is 26.2 Å². The zero-order chi connectivity index (χ0) is 13.8. The summed E-state index contributed by atoms with van der Waals surface area (Å²) in [6.45, 7) is 8.25. The molecule has 0 aliphatic carbocycles. The molecule has 0 spiro atoms. The quantitative estimate of drug-likeness (QED) is 0.828. The molecular formula is C15H24N2OS. The van der Waals surface area contributed by atoms with E-state index in [1.165, 1.54) is 4.88 Å². The maximum atomic E-state index is 12.5. The highest BCUT2D eigenvalue weighted by Crippen LogP contribution is 2.26. The summed E-state index contributed by atoms with van der Waals surface area (Å²) in [5.41, 5.74) is 0. The number of rotatable bonds is 5. The highest BCUT2D eigenvalue weighted by Gasteiger charge is 2.30. The molecule has 4 heteroatoms. The van der Waals surface area contributed by atoms with Crippen LogP contribution in [0, 0.1) is 5.92 Å². The van der Waals surface area contributed by atoms with Crippen LogP contribution in [0.5, 0.6) is 0 Å². The summed E-state index contributed by atoms with van der Waals surface area (Å²) in [4.78, 5) is 18.0. The van der Waals surface area contributed by atoms with Crippen LogP contribution in [0.1, 0.15) is 31.1 Å². The van der Waals surface area contributed by atoms with E-state index in [1.807, 2.05) is 18.4 Å². The predicted molar refractivity (Wildman–Crippen MR) is 80.6 cm³/mol. The van der Waals surface area contributed by atoms with Crippen LogP contribution in [0.2, 0.25) is 0 Å². The van der Waals surface area contributed by atoms with Crippen LogP contribution in [-0.4, -0.2) is 48.9 Å². The molecule has 1 aromatic heterocycles. The zero-order valence-electron chi connectivity index (χ0n) is 12.1. The van der Waals surface area contributed by atoms with E-state index < -0.39 is 0 Å². The zero-order valence-corrected chi connectivity index (χ0v) is 12.9. The number of carbonyl (C=O) groups is 1. The largest absolute Gasteiger partial charge is 0.342 e. The number of hydrogen-bond acceptors (Lipinski definition) is 3. The molecular weight excluding hydrogens is 256 g/mol. The van der Waals surface area contributed by atoms with Crippen LogP contribution in [-0.2, 0) is 4.79 Å². The number of likely N-dealkylation sites (tertiary alicyclic amines) is 1. The van der Waals surface area contributed by atoms with E-state index in [1.54, 1.807) is 11.3 Å². The average molecular weight is 280 g/mol. The summed E-state index contributed by atoms with van der Waals surface area (Å²) in [6, 6.07) is 4.08. The molecule has 106 valence electrons. The van der Waals surface area contributed by atoms with E-state index in [2.05, 4.69) is 29.8 Å². The van der Waals surface area contributed by atoms with Crippen LogP contribution >= 0.6 is 11.3 Å². The molecule has 0 saturated carbocycles. The summed E-state index contributed by atoms with van der Waals surface area (Å²) in [5, 5.41) is 2.04. The van der Waals surface area contributed by atoms with Gasteiger partial charge in [0.05, 0.1) is 5.92 Å². The Morgan fingerprint density at radius 3 is 3.05 bits per heavy atom. The van der Waals surface area contributed by atoms with E-state index in [-0.39, 0.29) is 5.92 Å². The number of thiophene rings is 1. The SMILES string of the molecule is CCN(C)C[C@@H]1CCN(C(=O)[C@H](C)c2cccs2)C1. The lowest BCUT2D eigenvalue weighted by atomic mass is 10.1. The summed E-state index contributed by atoms with van der Waals surface area (Å²) in [7, 11) is 2.15. The van der Waals surface area contributed by atoms with Gasteiger partial charge in [0.1, 0.15) is 0 Å². The van der Waals surface area contributed by atoms with Crippen molar-refractivity contribution < 1.29 is 4.79 Å². The molecule has 1 saturated heterocycles. The van der Waals surface area contributed by atoms with Crippen LogP contribution in [0.3, 0.4) is 0 Å². The van der Waals surface area contributed by atoms with Crippen molar-refractivity contribution in [1.29, 1.82) is 0 Å². The first-order valence-electron chi connectivity index (χ1n) is 7.12. The Bertz CT molecular complexity index is 404. The van der Waals surface area contributed by atoms with Gasteiger partial charge in [-0.25, -0.2) is 0 Å². The summed E-state index contributed by atoms with van der Waals surface area (Å²) in [5.74, 6) is 0.955. The topological polar surface area (TPSA) is 23.6 Å². The molecule has 2 heterocycles. The lowest BCUT2D eigenvalue weighted by Gasteiger charge is -2.22. The fourth-order valence-electron chi connectivity index (χ4n) is 2.68. The van der Waals surface area contributed by atoms with Gasteiger partial charge in [0, 0.05) is 24.5 Å². The van der Waals surface area contributed by atoms with Crippen molar-refractivity contribution >= 4 is 17.2 Å². The van der Waals surface area contributed by atoms with Crippen molar-refractivity contribution in [3.05, 3.63) is 22.4 Å². The minimum atomic E-state index is 0.0163. The summed E-state index contributed by atoms with van der Waals surface area (Å²) in [6.07, 6.45) is 1.15. The fraction of sp³-hybridized carbons (Fsp3) is 0.667. The van der Waals surface area contributed by atoms with Crippen LogP contribution < -0.4 is 0 Å². The smallest absolute Gasteiger partial charge is 0.230 e. The first-order valence-corrected chi connectivity index (χ1v) is 8.00. The van der Waals surface area contributed by atoms with E-state index in [4.69, 9.17) is 0 Å². The molecule has 2 rings (SSSR count). The Hall–Kier alpha value is -0.870. The Labute approximate surface area is 120 Å². The van der Waals surface area contributed by atoms with Gasteiger partial charge in [0.25, 0.3) is 0 Å². The third kappa shape index (κ3) is 3.57. The van der Waals surface area contributed by atoms with E-state index in [0.29, 0.717) is 11.8 Å². The van der Waals surface area contributed by atoms with Gasteiger partial charge in [-0.15, -0.1) is 11.3 Å². The molecule has 1 aliphatic rings. The summed E-state index contributed by atoms with van der Waals surface area (Å²) >= 11 is 1.68. The molecule has 19 heavy (non-hydrogen) atoms. The Morgan fingerprint density at radius 1 is 1.63 bits per heavy atom. The Balaban J connectivity index is 1.88.